The molecule has 0 N–H and O–H groups in total. The van der Waals surface area contributed by atoms with Gasteiger partial charge in [-0.2, -0.15) is 0 Å². The maximum absolute atomic E-state index is 13.5. The lowest BCUT2D eigenvalue weighted by molar-refractivity contribution is -0.135. The predicted molar refractivity (Wildman–Crippen MR) is 121 cm³/mol. The van der Waals surface area contributed by atoms with Gasteiger partial charge in [-0.05, 0) is 62.6 Å². The molecular formula is C23H27N3O3S. The fourth-order valence-electron chi connectivity index (χ4n) is 4.49. The number of thiophene rings is 1. The molecule has 1 fully saturated rings. The topological polar surface area (TPSA) is 64.3 Å². The van der Waals surface area contributed by atoms with Crippen molar-refractivity contribution in [1.82, 2.24) is 14.0 Å². The van der Waals surface area contributed by atoms with Crippen LogP contribution in [0, 0.1) is 13.8 Å². The minimum absolute atomic E-state index is 0.0479. The van der Waals surface area contributed by atoms with Crippen LogP contribution in [0.1, 0.15) is 43.7 Å². The first-order chi connectivity index (χ1) is 14.4. The molecule has 1 saturated heterocycles. The average Bonchev–Trinajstić information content (AvgIpc) is 3.22. The highest BCUT2D eigenvalue weighted by molar-refractivity contribution is 7.17. The van der Waals surface area contributed by atoms with Crippen LogP contribution in [0.2, 0.25) is 0 Å². The smallest absolute Gasteiger partial charge is 0.336 e. The van der Waals surface area contributed by atoms with Gasteiger partial charge in [0.25, 0.3) is 5.56 Å². The number of aromatic nitrogens is 2. The van der Waals surface area contributed by atoms with Crippen molar-refractivity contribution < 1.29 is 4.79 Å². The van der Waals surface area contributed by atoms with Gasteiger partial charge < -0.3 is 4.90 Å². The van der Waals surface area contributed by atoms with Crippen LogP contribution in [-0.2, 0) is 11.3 Å². The molecular weight excluding hydrogens is 398 g/mol. The molecule has 1 aromatic carbocycles. The SMILES string of the molecule is CCC1CCCCN1C(=O)Cn1c(=O)n(-c2ccc(C)cc2C)c(=O)c2sccc21. The van der Waals surface area contributed by atoms with Gasteiger partial charge in [-0.15, -0.1) is 11.3 Å². The van der Waals surface area contributed by atoms with E-state index < -0.39 is 5.69 Å². The van der Waals surface area contributed by atoms with E-state index in [2.05, 4.69) is 6.92 Å². The number of likely N-dealkylation sites (tertiary alicyclic amines) is 1. The van der Waals surface area contributed by atoms with Crippen molar-refractivity contribution in [2.75, 3.05) is 6.54 Å². The minimum atomic E-state index is -0.462. The van der Waals surface area contributed by atoms with Gasteiger partial charge in [-0.3, -0.25) is 14.2 Å². The first kappa shape index (κ1) is 20.6. The molecule has 1 aliphatic heterocycles. The first-order valence-corrected chi connectivity index (χ1v) is 11.4. The van der Waals surface area contributed by atoms with Crippen LogP contribution in [0.5, 0.6) is 0 Å². The number of benzene rings is 1. The van der Waals surface area contributed by atoms with Gasteiger partial charge in [0.05, 0.1) is 11.2 Å². The summed E-state index contributed by atoms with van der Waals surface area (Å²) in [6.45, 7) is 6.65. The minimum Gasteiger partial charge on any atom is -0.338 e. The van der Waals surface area contributed by atoms with E-state index in [4.69, 9.17) is 0 Å². The van der Waals surface area contributed by atoms with Crippen LogP contribution in [0.3, 0.4) is 0 Å². The Morgan fingerprint density at radius 2 is 1.97 bits per heavy atom. The molecule has 1 aliphatic rings. The summed E-state index contributed by atoms with van der Waals surface area (Å²) in [7, 11) is 0. The molecule has 6 nitrogen and oxygen atoms in total. The second-order valence-corrected chi connectivity index (χ2v) is 9.00. The Hall–Kier alpha value is -2.67. The summed E-state index contributed by atoms with van der Waals surface area (Å²) in [5.74, 6) is -0.0537. The summed E-state index contributed by atoms with van der Waals surface area (Å²) >= 11 is 1.30. The number of aryl methyl sites for hydroxylation is 2. The average molecular weight is 426 g/mol. The molecule has 0 radical (unpaired) electrons. The third kappa shape index (κ3) is 3.51. The Bertz CT molecular complexity index is 1220. The summed E-state index contributed by atoms with van der Waals surface area (Å²) in [5.41, 5.74) is 2.23. The largest absolute Gasteiger partial charge is 0.338 e. The zero-order valence-corrected chi connectivity index (χ0v) is 18.5. The van der Waals surface area contributed by atoms with Crippen molar-refractivity contribution in [3.05, 3.63) is 61.6 Å². The number of piperidine rings is 1. The van der Waals surface area contributed by atoms with Gasteiger partial charge in [-0.25, -0.2) is 9.36 Å². The van der Waals surface area contributed by atoms with Gasteiger partial charge in [-0.1, -0.05) is 24.6 Å². The summed E-state index contributed by atoms with van der Waals surface area (Å²) in [6, 6.07) is 7.63. The Kier molecular flexibility index (Phi) is 5.64. The van der Waals surface area contributed by atoms with Crippen LogP contribution < -0.4 is 11.2 Å². The van der Waals surface area contributed by atoms with E-state index >= 15 is 0 Å². The lowest BCUT2D eigenvalue weighted by atomic mass is 10.00. The molecule has 0 aliphatic carbocycles. The second-order valence-electron chi connectivity index (χ2n) is 8.08. The lowest BCUT2D eigenvalue weighted by Gasteiger charge is -2.35. The van der Waals surface area contributed by atoms with Gasteiger partial charge in [0.2, 0.25) is 5.91 Å². The predicted octanol–water partition coefficient (Wildman–Crippen LogP) is 3.62. The van der Waals surface area contributed by atoms with Gasteiger partial charge in [0.1, 0.15) is 11.2 Å². The molecule has 30 heavy (non-hydrogen) atoms. The number of carbonyl (C=O) groups is 1. The zero-order valence-electron chi connectivity index (χ0n) is 17.7. The Morgan fingerprint density at radius 3 is 2.70 bits per heavy atom. The van der Waals surface area contributed by atoms with Crippen molar-refractivity contribution >= 4 is 27.5 Å². The molecule has 0 spiro atoms. The van der Waals surface area contributed by atoms with Crippen LogP contribution >= 0.6 is 11.3 Å². The van der Waals surface area contributed by atoms with E-state index in [1.807, 2.05) is 30.9 Å². The van der Waals surface area contributed by atoms with E-state index in [-0.39, 0.29) is 24.1 Å². The van der Waals surface area contributed by atoms with E-state index in [0.29, 0.717) is 15.9 Å². The molecule has 2 aromatic heterocycles. The molecule has 158 valence electrons. The van der Waals surface area contributed by atoms with E-state index in [1.54, 1.807) is 17.5 Å². The molecule has 3 heterocycles. The van der Waals surface area contributed by atoms with Crippen molar-refractivity contribution in [2.24, 2.45) is 0 Å². The van der Waals surface area contributed by atoms with Crippen molar-refractivity contribution in [2.45, 2.75) is 59.0 Å². The summed E-state index contributed by atoms with van der Waals surface area (Å²) < 4.78 is 3.18. The monoisotopic (exact) mass is 425 g/mol. The van der Waals surface area contributed by atoms with E-state index in [9.17, 15) is 14.4 Å². The molecule has 7 heteroatoms. The summed E-state index contributed by atoms with van der Waals surface area (Å²) in [4.78, 5) is 41.7. The standard InChI is InChI=1S/C23H27N3O3S/c1-4-17-7-5-6-11-24(17)20(27)14-25-19-10-12-30-21(19)22(28)26(23(25)29)18-9-8-15(2)13-16(18)3/h8-10,12-13,17H,4-7,11,14H2,1-3H3. The Balaban J connectivity index is 1.84. The molecule has 1 amide bonds. The number of rotatable bonds is 4. The van der Waals surface area contributed by atoms with Crippen molar-refractivity contribution in [3.8, 4) is 5.69 Å². The third-order valence-electron chi connectivity index (χ3n) is 6.06. The Morgan fingerprint density at radius 1 is 1.17 bits per heavy atom. The maximum Gasteiger partial charge on any atom is 0.336 e. The van der Waals surface area contributed by atoms with Crippen molar-refractivity contribution in [3.63, 3.8) is 0 Å². The van der Waals surface area contributed by atoms with Crippen LogP contribution in [0.25, 0.3) is 15.9 Å². The second kappa shape index (κ2) is 8.22. The summed E-state index contributed by atoms with van der Waals surface area (Å²) in [6.07, 6.45) is 4.05. The van der Waals surface area contributed by atoms with Crippen LogP contribution in [0.15, 0.2) is 39.2 Å². The highest BCUT2D eigenvalue weighted by Gasteiger charge is 2.27. The molecule has 0 bridgehead atoms. The number of amides is 1. The van der Waals surface area contributed by atoms with Crippen LogP contribution in [0.4, 0.5) is 0 Å². The zero-order chi connectivity index (χ0) is 21.4. The van der Waals surface area contributed by atoms with Gasteiger partial charge in [0, 0.05) is 12.6 Å². The van der Waals surface area contributed by atoms with E-state index in [1.165, 1.54) is 20.5 Å². The maximum atomic E-state index is 13.5. The third-order valence-corrected chi connectivity index (χ3v) is 6.95. The Labute approximate surface area is 179 Å². The van der Waals surface area contributed by atoms with Gasteiger partial charge >= 0.3 is 5.69 Å². The number of fused-ring (bicyclic) bond motifs is 1. The summed E-state index contributed by atoms with van der Waals surface area (Å²) in [5, 5.41) is 1.80. The molecule has 0 saturated carbocycles. The fraction of sp³-hybridized carbons (Fsp3) is 0.435. The quantitative estimate of drug-likeness (QED) is 0.641. The first-order valence-electron chi connectivity index (χ1n) is 10.5. The molecule has 4 rings (SSSR count). The molecule has 3 aromatic rings. The molecule has 1 atom stereocenters. The number of hydrogen-bond donors (Lipinski definition) is 0. The number of hydrogen-bond acceptors (Lipinski definition) is 4. The van der Waals surface area contributed by atoms with E-state index in [0.717, 1.165) is 43.4 Å². The number of nitrogens with zero attached hydrogens (tertiary/aromatic N) is 3. The van der Waals surface area contributed by atoms with Crippen LogP contribution in [-0.4, -0.2) is 32.5 Å². The molecule has 1 unspecified atom stereocenters. The highest BCUT2D eigenvalue weighted by atomic mass is 32.1. The fourth-order valence-corrected chi connectivity index (χ4v) is 5.31. The van der Waals surface area contributed by atoms with Crippen molar-refractivity contribution in [1.29, 1.82) is 0 Å². The lowest BCUT2D eigenvalue weighted by Crippen LogP contribution is -2.47. The normalized spacial score (nSPS) is 16.9. The highest BCUT2D eigenvalue weighted by Crippen LogP contribution is 2.22. The van der Waals surface area contributed by atoms with Gasteiger partial charge in [0.15, 0.2) is 0 Å². The number of carbonyl (C=O) groups excluding carboxylic acids is 1.